The van der Waals surface area contributed by atoms with Crippen LogP contribution in [0.25, 0.3) is 10.1 Å². The molecule has 0 saturated heterocycles. The van der Waals surface area contributed by atoms with E-state index in [1.54, 1.807) is 16.9 Å². The second-order valence-corrected chi connectivity index (χ2v) is 7.34. The van der Waals surface area contributed by atoms with Gasteiger partial charge in [-0.1, -0.05) is 54.0 Å². The molecule has 3 aromatic rings. The van der Waals surface area contributed by atoms with E-state index in [1.807, 2.05) is 43.3 Å². The Labute approximate surface area is 151 Å². The molecule has 1 heterocycles. The van der Waals surface area contributed by atoms with Crippen LogP contribution in [0.2, 0.25) is 0 Å². The van der Waals surface area contributed by atoms with Gasteiger partial charge in [-0.2, -0.15) is 0 Å². The van der Waals surface area contributed by atoms with Crippen molar-refractivity contribution in [2.75, 3.05) is 0 Å². The number of rotatable bonds is 6. The van der Waals surface area contributed by atoms with Gasteiger partial charge in [-0.15, -0.1) is 0 Å². The molecule has 2 atom stereocenters. The van der Waals surface area contributed by atoms with Gasteiger partial charge in [0.15, 0.2) is 0 Å². The SMILES string of the molecule is C[C@H](CCc1ccccc1)NC(=O)[C@@H](C)n1sc2ccccc2c1=O. The van der Waals surface area contributed by atoms with Gasteiger partial charge in [0.25, 0.3) is 5.56 Å². The largest absolute Gasteiger partial charge is 0.352 e. The van der Waals surface area contributed by atoms with Gasteiger partial charge in [0, 0.05) is 6.04 Å². The molecule has 0 aliphatic carbocycles. The molecule has 1 amide bonds. The maximum Gasteiger partial charge on any atom is 0.269 e. The van der Waals surface area contributed by atoms with E-state index >= 15 is 0 Å². The average Bonchev–Trinajstić information content (AvgIpc) is 2.97. The van der Waals surface area contributed by atoms with Crippen LogP contribution in [0.5, 0.6) is 0 Å². The molecule has 3 rings (SSSR count). The summed E-state index contributed by atoms with van der Waals surface area (Å²) >= 11 is 1.34. The smallest absolute Gasteiger partial charge is 0.269 e. The number of fused-ring (bicyclic) bond motifs is 1. The van der Waals surface area contributed by atoms with E-state index < -0.39 is 6.04 Å². The first kappa shape index (κ1) is 17.4. The van der Waals surface area contributed by atoms with Crippen LogP contribution in [0, 0.1) is 0 Å². The Morgan fingerprint density at radius 1 is 1.08 bits per heavy atom. The predicted molar refractivity (Wildman–Crippen MR) is 103 cm³/mol. The molecule has 5 heteroatoms. The standard InChI is InChI=1S/C20H22N2O2S/c1-14(12-13-16-8-4-3-5-9-16)21-19(23)15(2)22-20(24)17-10-6-7-11-18(17)25-22/h3-11,14-15H,12-13H2,1-2H3,(H,21,23)/t14-,15-/m1/s1. The zero-order valence-corrected chi connectivity index (χ0v) is 15.3. The molecule has 1 N–H and O–H groups in total. The van der Waals surface area contributed by atoms with Crippen molar-refractivity contribution in [1.29, 1.82) is 0 Å². The Morgan fingerprint density at radius 2 is 1.76 bits per heavy atom. The van der Waals surface area contributed by atoms with Gasteiger partial charge in [-0.05, 0) is 44.4 Å². The maximum atomic E-state index is 12.5. The number of amides is 1. The minimum atomic E-state index is -0.510. The lowest BCUT2D eigenvalue weighted by Crippen LogP contribution is -2.39. The van der Waals surface area contributed by atoms with E-state index in [-0.39, 0.29) is 17.5 Å². The van der Waals surface area contributed by atoms with Crippen LogP contribution in [0.4, 0.5) is 0 Å². The Bertz CT molecular complexity index is 914. The summed E-state index contributed by atoms with van der Waals surface area (Å²) in [7, 11) is 0. The van der Waals surface area contributed by atoms with E-state index in [2.05, 4.69) is 17.4 Å². The Balaban J connectivity index is 1.63. The number of carbonyl (C=O) groups is 1. The molecule has 4 nitrogen and oxygen atoms in total. The van der Waals surface area contributed by atoms with Crippen molar-refractivity contribution in [3.05, 3.63) is 70.5 Å². The van der Waals surface area contributed by atoms with E-state index in [1.165, 1.54) is 17.1 Å². The highest BCUT2D eigenvalue weighted by Crippen LogP contribution is 2.19. The number of nitrogens with zero attached hydrogens (tertiary/aromatic N) is 1. The number of nitrogens with one attached hydrogen (secondary N) is 1. The lowest BCUT2D eigenvalue weighted by atomic mass is 10.1. The summed E-state index contributed by atoms with van der Waals surface area (Å²) in [4.78, 5) is 25.0. The number of benzene rings is 2. The highest BCUT2D eigenvalue weighted by Gasteiger charge is 2.20. The molecule has 25 heavy (non-hydrogen) atoms. The lowest BCUT2D eigenvalue weighted by molar-refractivity contribution is -0.124. The Morgan fingerprint density at radius 3 is 2.48 bits per heavy atom. The highest BCUT2D eigenvalue weighted by atomic mass is 32.1. The predicted octanol–water partition coefficient (Wildman–Crippen LogP) is 3.76. The third-order valence-electron chi connectivity index (χ3n) is 4.34. The van der Waals surface area contributed by atoms with Crippen LogP contribution >= 0.6 is 11.5 Å². The third-order valence-corrected chi connectivity index (χ3v) is 5.57. The second kappa shape index (κ2) is 7.66. The molecule has 0 saturated carbocycles. The van der Waals surface area contributed by atoms with Crippen molar-refractivity contribution in [3.8, 4) is 0 Å². The first-order valence-corrected chi connectivity index (χ1v) is 9.28. The minimum Gasteiger partial charge on any atom is -0.352 e. The zero-order chi connectivity index (χ0) is 17.8. The van der Waals surface area contributed by atoms with E-state index in [9.17, 15) is 9.59 Å². The first-order valence-electron chi connectivity index (χ1n) is 8.51. The molecular weight excluding hydrogens is 332 g/mol. The molecule has 0 aliphatic rings. The number of aromatic nitrogens is 1. The molecule has 130 valence electrons. The zero-order valence-electron chi connectivity index (χ0n) is 14.4. The van der Waals surface area contributed by atoms with Crippen molar-refractivity contribution in [1.82, 2.24) is 9.27 Å². The molecule has 0 radical (unpaired) electrons. The van der Waals surface area contributed by atoms with Gasteiger partial charge in [0.2, 0.25) is 5.91 Å². The fourth-order valence-electron chi connectivity index (χ4n) is 2.81. The van der Waals surface area contributed by atoms with Crippen LogP contribution in [0.1, 0.15) is 31.9 Å². The summed E-state index contributed by atoms with van der Waals surface area (Å²) < 4.78 is 2.47. The van der Waals surface area contributed by atoms with Crippen molar-refractivity contribution < 1.29 is 4.79 Å². The summed E-state index contributed by atoms with van der Waals surface area (Å²) in [6.07, 6.45) is 1.78. The average molecular weight is 354 g/mol. The van der Waals surface area contributed by atoms with Crippen LogP contribution in [0.15, 0.2) is 59.4 Å². The quantitative estimate of drug-likeness (QED) is 0.733. The molecule has 2 aromatic carbocycles. The minimum absolute atomic E-state index is 0.0558. The highest BCUT2D eigenvalue weighted by molar-refractivity contribution is 7.14. The summed E-state index contributed by atoms with van der Waals surface area (Å²) in [5.41, 5.74) is 1.16. The molecule has 1 aromatic heterocycles. The monoisotopic (exact) mass is 354 g/mol. The fourth-order valence-corrected chi connectivity index (χ4v) is 3.85. The Hall–Kier alpha value is -2.40. The second-order valence-electron chi connectivity index (χ2n) is 6.33. The summed E-state index contributed by atoms with van der Waals surface area (Å²) in [6, 6.07) is 17.2. The van der Waals surface area contributed by atoms with Crippen LogP contribution in [0.3, 0.4) is 0 Å². The molecule has 0 bridgehead atoms. The number of carbonyl (C=O) groups excluding carboxylic acids is 1. The summed E-state index contributed by atoms with van der Waals surface area (Å²) in [5, 5.41) is 3.70. The molecule has 0 spiro atoms. The number of hydrogen-bond acceptors (Lipinski definition) is 3. The molecule has 0 aliphatic heterocycles. The van der Waals surface area contributed by atoms with Gasteiger partial charge < -0.3 is 5.32 Å². The van der Waals surface area contributed by atoms with E-state index in [0.29, 0.717) is 5.39 Å². The molecule has 0 unspecified atom stereocenters. The van der Waals surface area contributed by atoms with E-state index in [4.69, 9.17) is 0 Å². The van der Waals surface area contributed by atoms with Crippen molar-refractivity contribution in [2.24, 2.45) is 0 Å². The van der Waals surface area contributed by atoms with Gasteiger partial charge in [-0.3, -0.25) is 13.5 Å². The van der Waals surface area contributed by atoms with Crippen molar-refractivity contribution in [3.63, 3.8) is 0 Å². The van der Waals surface area contributed by atoms with Crippen LogP contribution < -0.4 is 10.9 Å². The third kappa shape index (κ3) is 3.99. The fraction of sp³-hybridized carbons (Fsp3) is 0.300. The van der Waals surface area contributed by atoms with Gasteiger partial charge >= 0.3 is 0 Å². The lowest BCUT2D eigenvalue weighted by Gasteiger charge is -2.17. The molecular formula is C20H22N2O2S. The first-order chi connectivity index (χ1) is 12.1. The molecule has 0 fully saturated rings. The van der Waals surface area contributed by atoms with Crippen LogP contribution in [-0.4, -0.2) is 15.9 Å². The van der Waals surface area contributed by atoms with Crippen molar-refractivity contribution >= 4 is 27.5 Å². The summed E-state index contributed by atoms with van der Waals surface area (Å²) in [6.45, 7) is 3.78. The van der Waals surface area contributed by atoms with Gasteiger partial charge in [0.05, 0.1) is 10.1 Å². The van der Waals surface area contributed by atoms with Crippen molar-refractivity contribution in [2.45, 2.75) is 38.8 Å². The van der Waals surface area contributed by atoms with E-state index in [0.717, 1.165) is 17.5 Å². The number of aryl methyl sites for hydroxylation is 1. The normalized spacial score (nSPS) is 13.5. The Kier molecular flexibility index (Phi) is 5.34. The maximum absolute atomic E-state index is 12.5. The number of hydrogen-bond donors (Lipinski definition) is 1. The van der Waals surface area contributed by atoms with Crippen LogP contribution in [-0.2, 0) is 11.2 Å². The van der Waals surface area contributed by atoms with Gasteiger partial charge in [0.1, 0.15) is 6.04 Å². The summed E-state index contributed by atoms with van der Waals surface area (Å²) in [5.74, 6) is -0.116. The van der Waals surface area contributed by atoms with Gasteiger partial charge in [-0.25, -0.2) is 0 Å². The topological polar surface area (TPSA) is 51.1 Å².